The van der Waals surface area contributed by atoms with Crippen LogP contribution in [0, 0.1) is 6.92 Å². The fourth-order valence-corrected chi connectivity index (χ4v) is 2.42. The molecule has 0 spiro atoms. The number of carbonyl (C=O) groups is 1. The van der Waals surface area contributed by atoms with Crippen molar-refractivity contribution in [1.82, 2.24) is 0 Å². The first-order chi connectivity index (χ1) is 7.61. The molecular weight excluding hydrogens is 334 g/mol. The van der Waals surface area contributed by atoms with Gasteiger partial charge in [0.05, 0.1) is 0 Å². The van der Waals surface area contributed by atoms with Crippen molar-refractivity contribution >= 4 is 43.5 Å². The summed E-state index contributed by atoms with van der Waals surface area (Å²) in [6.07, 6.45) is 2.53. The van der Waals surface area contributed by atoms with Gasteiger partial charge in [0.2, 0.25) is 5.91 Å². The Hall–Kier alpha value is -0.350. The summed E-state index contributed by atoms with van der Waals surface area (Å²) in [6, 6.07) is 5.89. The maximum Gasteiger partial charge on any atom is 0.224 e. The summed E-state index contributed by atoms with van der Waals surface area (Å²) in [5.74, 6) is 0.0819. The van der Waals surface area contributed by atoms with Crippen molar-refractivity contribution in [2.24, 2.45) is 0 Å². The summed E-state index contributed by atoms with van der Waals surface area (Å²) in [5.41, 5.74) is 1.99. The molecule has 16 heavy (non-hydrogen) atoms. The SMILES string of the molecule is Cc1cc(Br)cc(NC(=O)CCCCBr)c1. The van der Waals surface area contributed by atoms with Gasteiger partial charge in [-0.3, -0.25) is 4.79 Å². The summed E-state index contributed by atoms with van der Waals surface area (Å²) < 4.78 is 0.989. The predicted octanol–water partition coefficient (Wildman–Crippen LogP) is 4.26. The number of carbonyl (C=O) groups excluding carboxylic acids is 1. The van der Waals surface area contributed by atoms with Crippen LogP contribution in [0.25, 0.3) is 0 Å². The van der Waals surface area contributed by atoms with Crippen LogP contribution in [0.3, 0.4) is 0 Å². The van der Waals surface area contributed by atoms with Gasteiger partial charge in [-0.25, -0.2) is 0 Å². The molecule has 0 unspecified atom stereocenters. The summed E-state index contributed by atoms with van der Waals surface area (Å²) >= 11 is 6.76. The second kappa shape index (κ2) is 7.07. The average Bonchev–Trinajstić information content (AvgIpc) is 2.16. The summed E-state index contributed by atoms with van der Waals surface area (Å²) in [7, 11) is 0. The maximum absolute atomic E-state index is 11.6. The monoisotopic (exact) mass is 347 g/mol. The molecule has 1 amide bonds. The van der Waals surface area contributed by atoms with Crippen LogP contribution in [-0.2, 0) is 4.79 Å². The van der Waals surface area contributed by atoms with Crippen molar-refractivity contribution in [3.05, 3.63) is 28.2 Å². The van der Waals surface area contributed by atoms with E-state index in [2.05, 4.69) is 37.2 Å². The second-order valence-electron chi connectivity index (χ2n) is 3.71. The Balaban J connectivity index is 2.49. The molecule has 0 aromatic heterocycles. The minimum atomic E-state index is 0.0819. The minimum absolute atomic E-state index is 0.0819. The van der Waals surface area contributed by atoms with E-state index in [1.807, 2.05) is 25.1 Å². The van der Waals surface area contributed by atoms with Gasteiger partial charge >= 0.3 is 0 Å². The minimum Gasteiger partial charge on any atom is -0.326 e. The van der Waals surface area contributed by atoms with Gasteiger partial charge in [-0.1, -0.05) is 31.9 Å². The van der Waals surface area contributed by atoms with Gasteiger partial charge in [-0.2, -0.15) is 0 Å². The van der Waals surface area contributed by atoms with Crippen LogP contribution in [0.4, 0.5) is 5.69 Å². The van der Waals surface area contributed by atoms with E-state index in [1.54, 1.807) is 0 Å². The van der Waals surface area contributed by atoms with E-state index in [0.29, 0.717) is 6.42 Å². The molecule has 0 atom stereocenters. The van der Waals surface area contributed by atoms with Crippen LogP contribution in [0.1, 0.15) is 24.8 Å². The Morgan fingerprint density at radius 1 is 1.31 bits per heavy atom. The first kappa shape index (κ1) is 13.7. The molecule has 0 aliphatic heterocycles. The molecule has 0 bridgehead atoms. The highest BCUT2D eigenvalue weighted by Gasteiger charge is 2.03. The second-order valence-corrected chi connectivity index (χ2v) is 5.42. The zero-order valence-corrected chi connectivity index (χ0v) is 12.4. The van der Waals surface area contributed by atoms with E-state index in [-0.39, 0.29) is 5.91 Å². The number of benzene rings is 1. The number of hydrogen-bond acceptors (Lipinski definition) is 1. The third-order valence-corrected chi connectivity index (χ3v) is 3.13. The van der Waals surface area contributed by atoms with Crippen LogP contribution in [-0.4, -0.2) is 11.2 Å². The lowest BCUT2D eigenvalue weighted by Crippen LogP contribution is -2.11. The van der Waals surface area contributed by atoms with Crippen LogP contribution in [0.15, 0.2) is 22.7 Å². The number of nitrogens with one attached hydrogen (secondary N) is 1. The number of hydrogen-bond donors (Lipinski definition) is 1. The highest BCUT2D eigenvalue weighted by atomic mass is 79.9. The van der Waals surface area contributed by atoms with E-state index >= 15 is 0 Å². The van der Waals surface area contributed by atoms with Crippen LogP contribution in [0.5, 0.6) is 0 Å². The number of amides is 1. The van der Waals surface area contributed by atoms with Crippen molar-refractivity contribution < 1.29 is 4.79 Å². The molecule has 0 radical (unpaired) electrons. The zero-order chi connectivity index (χ0) is 12.0. The maximum atomic E-state index is 11.6. The molecular formula is C12H15Br2NO. The van der Waals surface area contributed by atoms with Crippen LogP contribution in [0.2, 0.25) is 0 Å². The lowest BCUT2D eigenvalue weighted by atomic mass is 10.2. The average molecular weight is 349 g/mol. The Morgan fingerprint density at radius 3 is 2.69 bits per heavy atom. The number of halogens is 2. The van der Waals surface area contributed by atoms with Crippen molar-refractivity contribution in [3.63, 3.8) is 0 Å². The third kappa shape index (κ3) is 5.12. The molecule has 0 saturated heterocycles. The highest BCUT2D eigenvalue weighted by Crippen LogP contribution is 2.19. The molecule has 0 fully saturated rings. The van der Waals surface area contributed by atoms with E-state index < -0.39 is 0 Å². The van der Waals surface area contributed by atoms with Crippen LogP contribution >= 0.6 is 31.9 Å². The van der Waals surface area contributed by atoms with E-state index in [4.69, 9.17) is 0 Å². The Kier molecular flexibility index (Phi) is 6.06. The summed E-state index contributed by atoms with van der Waals surface area (Å²) in [4.78, 5) is 11.6. The molecule has 0 aliphatic rings. The van der Waals surface area contributed by atoms with Gasteiger partial charge in [-0.15, -0.1) is 0 Å². The van der Waals surface area contributed by atoms with E-state index in [0.717, 1.165) is 33.9 Å². The normalized spacial score (nSPS) is 10.2. The third-order valence-electron chi connectivity index (χ3n) is 2.11. The topological polar surface area (TPSA) is 29.1 Å². The largest absolute Gasteiger partial charge is 0.326 e. The fraction of sp³-hybridized carbons (Fsp3) is 0.417. The van der Waals surface area contributed by atoms with Gasteiger partial charge in [0.25, 0.3) is 0 Å². The Morgan fingerprint density at radius 2 is 2.06 bits per heavy atom. The number of anilines is 1. The number of rotatable bonds is 5. The highest BCUT2D eigenvalue weighted by molar-refractivity contribution is 9.10. The lowest BCUT2D eigenvalue weighted by Gasteiger charge is -2.06. The van der Waals surface area contributed by atoms with Gasteiger partial charge in [-0.05, 0) is 43.5 Å². The van der Waals surface area contributed by atoms with Crippen molar-refractivity contribution in [1.29, 1.82) is 0 Å². The Labute approximate surface area is 113 Å². The molecule has 0 heterocycles. The number of alkyl halides is 1. The van der Waals surface area contributed by atoms with Gasteiger partial charge in [0.1, 0.15) is 0 Å². The molecule has 88 valence electrons. The number of aryl methyl sites for hydroxylation is 1. The lowest BCUT2D eigenvalue weighted by molar-refractivity contribution is -0.116. The summed E-state index contributed by atoms with van der Waals surface area (Å²) in [5, 5.41) is 3.85. The molecule has 0 aliphatic carbocycles. The van der Waals surface area contributed by atoms with Crippen molar-refractivity contribution in [2.75, 3.05) is 10.6 Å². The standard InChI is InChI=1S/C12H15Br2NO/c1-9-6-10(14)8-11(7-9)15-12(16)4-2-3-5-13/h6-8H,2-5H2,1H3,(H,15,16). The predicted molar refractivity (Wildman–Crippen MR) is 75.2 cm³/mol. The molecule has 4 heteroatoms. The molecule has 2 nitrogen and oxygen atoms in total. The van der Waals surface area contributed by atoms with E-state index in [1.165, 1.54) is 0 Å². The Bertz CT molecular complexity index is 346. The molecule has 0 saturated carbocycles. The van der Waals surface area contributed by atoms with Gasteiger partial charge in [0, 0.05) is 21.9 Å². The van der Waals surface area contributed by atoms with Crippen molar-refractivity contribution in [2.45, 2.75) is 26.2 Å². The molecule has 1 aromatic rings. The van der Waals surface area contributed by atoms with E-state index in [9.17, 15) is 4.79 Å². The first-order valence-electron chi connectivity index (χ1n) is 5.25. The summed E-state index contributed by atoms with van der Waals surface area (Å²) in [6.45, 7) is 2.01. The molecule has 1 aromatic carbocycles. The van der Waals surface area contributed by atoms with Crippen molar-refractivity contribution in [3.8, 4) is 0 Å². The number of unbranched alkanes of at least 4 members (excludes halogenated alkanes) is 1. The first-order valence-corrected chi connectivity index (χ1v) is 7.16. The molecule has 1 rings (SSSR count). The van der Waals surface area contributed by atoms with Gasteiger partial charge < -0.3 is 5.32 Å². The van der Waals surface area contributed by atoms with Gasteiger partial charge in [0.15, 0.2) is 0 Å². The smallest absolute Gasteiger partial charge is 0.224 e. The zero-order valence-electron chi connectivity index (χ0n) is 9.22. The quantitative estimate of drug-likeness (QED) is 0.625. The van der Waals surface area contributed by atoms with Crippen LogP contribution < -0.4 is 5.32 Å². The fourth-order valence-electron chi connectivity index (χ4n) is 1.41. The molecule has 1 N–H and O–H groups in total.